The number of ether oxygens (including phenoxy) is 1. The van der Waals surface area contributed by atoms with Gasteiger partial charge in [-0.3, -0.25) is 0 Å². The van der Waals surface area contributed by atoms with Crippen LogP contribution in [0.25, 0.3) is 0 Å². The molecule has 0 saturated heterocycles. The lowest BCUT2D eigenvalue weighted by molar-refractivity contribution is -0.108. The van der Waals surface area contributed by atoms with Crippen molar-refractivity contribution < 1.29 is 9.53 Å². The third-order valence-electron chi connectivity index (χ3n) is 2.49. The highest BCUT2D eigenvalue weighted by atomic mass is 35.5. The Morgan fingerprint density at radius 1 is 1.53 bits per heavy atom. The Bertz CT molecular complexity index is 361. The second kappa shape index (κ2) is 5.17. The van der Waals surface area contributed by atoms with Crippen LogP contribution in [0.3, 0.4) is 0 Å². The fourth-order valence-electron chi connectivity index (χ4n) is 1.68. The molecule has 82 valence electrons. The summed E-state index contributed by atoms with van der Waals surface area (Å²) in [7, 11) is 1.62. The average Bonchev–Trinajstić information content (AvgIpc) is 2.21. The zero-order chi connectivity index (χ0) is 11.4. The van der Waals surface area contributed by atoms with Crippen LogP contribution in [0.2, 0.25) is 5.02 Å². The Balaban J connectivity index is 3.23. The molecule has 1 aromatic rings. The summed E-state index contributed by atoms with van der Waals surface area (Å²) in [5.41, 5.74) is 1.96. The molecular weight excluding hydrogens is 212 g/mol. The van der Waals surface area contributed by atoms with Crippen molar-refractivity contribution in [3.05, 3.63) is 28.3 Å². The van der Waals surface area contributed by atoms with E-state index >= 15 is 0 Å². The van der Waals surface area contributed by atoms with Gasteiger partial charge >= 0.3 is 0 Å². The lowest BCUT2D eigenvalue weighted by atomic mass is 9.95. The van der Waals surface area contributed by atoms with Crippen molar-refractivity contribution in [1.82, 2.24) is 0 Å². The first-order valence-electron chi connectivity index (χ1n) is 4.88. The van der Waals surface area contributed by atoms with Crippen LogP contribution in [0.15, 0.2) is 12.1 Å². The van der Waals surface area contributed by atoms with Gasteiger partial charge in [-0.25, -0.2) is 0 Å². The molecule has 2 nitrogen and oxygen atoms in total. The summed E-state index contributed by atoms with van der Waals surface area (Å²) < 4.78 is 5.32. The van der Waals surface area contributed by atoms with Crippen LogP contribution >= 0.6 is 11.6 Å². The third kappa shape index (κ3) is 2.51. The Hall–Kier alpha value is -1.02. The summed E-state index contributed by atoms with van der Waals surface area (Å²) in [5.74, 6) is 0.877. The van der Waals surface area contributed by atoms with Gasteiger partial charge in [0.1, 0.15) is 12.0 Å². The molecular formula is C12H15ClO2. The van der Waals surface area contributed by atoms with E-state index in [-0.39, 0.29) is 5.92 Å². The highest BCUT2D eigenvalue weighted by Crippen LogP contribution is 2.36. The zero-order valence-corrected chi connectivity index (χ0v) is 9.97. The van der Waals surface area contributed by atoms with Crippen molar-refractivity contribution in [2.24, 2.45) is 0 Å². The van der Waals surface area contributed by atoms with Crippen LogP contribution < -0.4 is 4.74 Å². The lowest BCUT2D eigenvalue weighted by Crippen LogP contribution is -2.01. The van der Waals surface area contributed by atoms with Crippen molar-refractivity contribution in [2.45, 2.75) is 26.2 Å². The number of carbonyl (C=O) groups is 1. The van der Waals surface area contributed by atoms with Crippen molar-refractivity contribution in [1.29, 1.82) is 0 Å². The number of methoxy groups -OCH3 is 1. The predicted octanol–water partition coefficient (Wildman–Crippen LogP) is 3.35. The summed E-state index contributed by atoms with van der Waals surface area (Å²) >= 11 is 6.11. The van der Waals surface area contributed by atoms with Gasteiger partial charge < -0.3 is 9.53 Å². The van der Waals surface area contributed by atoms with E-state index in [1.807, 2.05) is 26.0 Å². The fraction of sp³-hybridized carbons (Fsp3) is 0.417. The molecule has 15 heavy (non-hydrogen) atoms. The highest BCUT2D eigenvalue weighted by molar-refractivity contribution is 6.31. The van der Waals surface area contributed by atoms with Crippen molar-refractivity contribution in [3.8, 4) is 5.75 Å². The monoisotopic (exact) mass is 226 g/mol. The van der Waals surface area contributed by atoms with E-state index in [4.69, 9.17) is 16.3 Å². The van der Waals surface area contributed by atoms with E-state index in [0.29, 0.717) is 11.4 Å². The minimum absolute atomic E-state index is 0.0878. The Morgan fingerprint density at radius 2 is 2.20 bits per heavy atom. The fourth-order valence-corrected chi connectivity index (χ4v) is 2.01. The number of benzene rings is 1. The van der Waals surface area contributed by atoms with Gasteiger partial charge in [0.05, 0.1) is 7.11 Å². The van der Waals surface area contributed by atoms with Gasteiger partial charge in [-0.15, -0.1) is 0 Å². The first-order valence-corrected chi connectivity index (χ1v) is 5.26. The molecule has 0 amide bonds. The van der Waals surface area contributed by atoms with E-state index in [0.717, 1.165) is 23.2 Å². The molecule has 1 atom stereocenters. The second-order valence-electron chi connectivity index (χ2n) is 3.61. The minimum Gasteiger partial charge on any atom is -0.496 e. The molecule has 0 spiro atoms. The van der Waals surface area contributed by atoms with E-state index in [1.165, 1.54) is 0 Å². The first-order chi connectivity index (χ1) is 7.11. The minimum atomic E-state index is 0.0878. The molecule has 1 aromatic carbocycles. The Morgan fingerprint density at radius 3 is 2.73 bits per heavy atom. The van der Waals surface area contributed by atoms with Crippen LogP contribution in [0, 0.1) is 6.92 Å². The summed E-state index contributed by atoms with van der Waals surface area (Å²) in [6, 6.07) is 3.76. The van der Waals surface area contributed by atoms with Gasteiger partial charge in [-0.1, -0.05) is 24.6 Å². The van der Waals surface area contributed by atoms with Gasteiger partial charge in [0.15, 0.2) is 0 Å². The summed E-state index contributed by atoms with van der Waals surface area (Å²) in [6.45, 7) is 3.93. The molecule has 0 radical (unpaired) electrons. The number of carbonyl (C=O) groups excluding carboxylic acids is 1. The van der Waals surface area contributed by atoms with E-state index < -0.39 is 0 Å². The van der Waals surface area contributed by atoms with Crippen molar-refractivity contribution in [2.75, 3.05) is 7.11 Å². The van der Waals surface area contributed by atoms with Crippen LogP contribution in [-0.4, -0.2) is 13.4 Å². The molecule has 0 aliphatic carbocycles. The second-order valence-corrected chi connectivity index (χ2v) is 4.02. The third-order valence-corrected chi connectivity index (χ3v) is 2.82. The molecule has 0 aliphatic heterocycles. The summed E-state index contributed by atoms with van der Waals surface area (Å²) in [6.07, 6.45) is 1.36. The van der Waals surface area contributed by atoms with E-state index in [1.54, 1.807) is 7.11 Å². The largest absolute Gasteiger partial charge is 0.496 e. The van der Waals surface area contributed by atoms with Crippen molar-refractivity contribution in [3.63, 3.8) is 0 Å². The van der Waals surface area contributed by atoms with Crippen LogP contribution in [-0.2, 0) is 4.79 Å². The lowest BCUT2D eigenvalue weighted by Gasteiger charge is -2.17. The maximum atomic E-state index is 10.5. The predicted molar refractivity (Wildman–Crippen MR) is 61.8 cm³/mol. The van der Waals surface area contributed by atoms with Crippen LogP contribution in [0.5, 0.6) is 5.75 Å². The first kappa shape index (κ1) is 12.1. The molecule has 0 aromatic heterocycles. The van der Waals surface area contributed by atoms with Gasteiger partial charge in [0.2, 0.25) is 0 Å². The van der Waals surface area contributed by atoms with E-state index in [9.17, 15) is 4.79 Å². The SMILES string of the molecule is COc1c(C)ccc(Cl)c1C(C)CC=O. The van der Waals surface area contributed by atoms with E-state index in [2.05, 4.69) is 0 Å². The molecule has 3 heteroatoms. The number of hydrogen-bond donors (Lipinski definition) is 0. The quantitative estimate of drug-likeness (QED) is 0.736. The number of aldehydes is 1. The zero-order valence-electron chi connectivity index (χ0n) is 9.21. The number of rotatable bonds is 4. The maximum absolute atomic E-state index is 10.5. The molecule has 1 unspecified atom stereocenters. The Kier molecular flexibility index (Phi) is 4.15. The normalized spacial score (nSPS) is 12.3. The Labute approximate surface area is 95.2 Å². The van der Waals surface area contributed by atoms with Gasteiger partial charge in [-0.05, 0) is 24.5 Å². The average molecular weight is 227 g/mol. The standard InChI is InChI=1S/C12H15ClO2/c1-8(6-7-14)11-10(13)5-4-9(2)12(11)15-3/h4-5,7-8H,6H2,1-3H3. The molecule has 0 saturated carbocycles. The number of halogens is 1. The summed E-state index contributed by atoms with van der Waals surface area (Å²) in [5, 5.41) is 0.659. The van der Waals surface area contributed by atoms with Crippen molar-refractivity contribution >= 4 is 17.9 Å². The molecule has 0 heterocycles. The molecule has 0 bridgehead atoms. The molecule has 1 rings (SSSR count). The number of aryl methyl sites for hydroxylation is 1. The summed E-state index contributed by atoms with van der Waals surface area (Å²) in [4.78, 5) is 10.5. The smallest absolute Gasteiger partial charge is 0.126 e. The van der Waals surface area contributed by atoms with Gasteiger partial charge in [-0.2, -0.15) is 0 Å². The maximum Gasteiger partial charge on any atom is 0.126 e. The highest BCUT2D eigenvalue weighted by Gasteiger charge is 2.16. The van der Waals surface area contributed by atoms with Crippen LogP contribution in [0.4, 0.5) is 0 Å². The molecule has 0 aliphatic rings. The topological polar surface area (TPSA) is 26.3 Å². The van der Waals surface area contributed by atoms with Gasteiger partial charge in [0.25, 0.3) is 0 Å². The molecule has 0 N–H and O–H groups in total. The number of hydrogen-bond acceptors (Lipinski definition) is 2. The van der Waals surface area contributed by atoms with Gasteiger partial charge in [0, 0.05) is 17.0 Å². The molecule has 0 fully saturated rings. The van der Waals surface area contributed by atoms with Crippen LogP contribution in [0.1, 0.15) is 30.4 Å².